The highest BCUT2D eigenvalue weighted by atomic mass is 32.2. The molecule has 0 atom stereocenters. The summed E-state index contributed by atoms with van der Waals surface area (Å²) in [7, 11) is 0. The number of rotatable bonds is 2. The third-order valence-corrected chi connectivity index (χ3v) is 2.17. The van der Waals surface area contributed by atoms with Crippen LogP contribution in [0.2, 0.25) is 0 Å². The zero-order chi connectivity index (χ0) is 8.27. The molecule has 1 N–H and O–H groups in total. The van der Waals surface area contributed by atoms with Gasteiger partial charge in [0.2, 0.25) is 0 Å². The van der Waals surface area contributed by atoms with Crippen molar-refractivity contribution in [2.24, 2.45) is 0 Å². The fourth-order valence-electron chi connectivity index (χ4n) is 0.783. The minimum atomic E-state index is 0.123. The number of aliphatic hydroxyl groups is 1. The smallest absolute Gasteiger partial charge is 0.115 e. The molecule has 0 aliphatic rings. The Balaban J connectivity index is 2.91. The Morgan fingerprint density at radius 3 is 2.27 bits per heavy atom. The zero-order valence-electron chi connectivity index (χ0n) is 6.37. The number of hydrogen-bond donors (Lipinski definition) is 1. The van der Waals surface area contributed by atoms with Crippen LogP contribution in [0.1, 0.15) is 5.56 Å². The molecule has 0 amide bonds. The van der Waals surface area contributed by atoms with Gasteiger partial charge < -0.3 is 5.11 Å². The van der Waals surface area contributed by atoms with E-state index >= 15 is 0 Å². The summed E-state index contributed by atoms with van der Waals surface area (Å²) in [6.45, 7) is 3.43. The molecule has 0 aliphatic heterocycles. The molecule has 0 saturated carbocycles. The van der Waals surface area contributed by atoms with E-state index < -0.39 is 0 Å². The summed E-state index contributed by atoms with van der Waals surface area (Å²) >= 11 is 1.68. The second kappa shape index (κ2) is 3.49. The summed E-state index contributed by atoms with van der Waals surface area (Å²) in [4.78, 5) is 1.19. The lowest BCUT2D eigenvalue weighted by Crippen LogP contribution is -1.79. The summed E-state index contributed by atoms with van der Waals surface area (Å²) < 4.78 is 0. The van der Waals surface area contributed by atoms with Crippen LogP contribution in [0.3, 0.4) is 0 Å². The van der Waals surface area contributed by atoms with Crippen LogP contribution in [0.25, 0.3) is 5.76 Å². The molecular formula is C9H10OS. The molecule has 0 spiro atoms. The zero-order valence-corrected chi connectivity index (χ0v) is 7.19. The van der Waals surface area contributed by atoms with Crippen molar-refractivity contribution in [2.75, 3.05) is 6.26 Å². The monoisotopic (exact) mass is 166 g/mol. The van der Waals surface area contributed by atoms with E-state index in [1.54, 1.807) is 11.8 Å². The van der Waals surface area contributed by atoms with Gasteiger partial charge in [0.15, 0.2) is 0 Å². The maximum Gasteiger partial charge on any atom is 0.115 e. The quantitative estimate of drug-likeness (QED) is 0.538. The van der Waals surface area contributed by atoms with Gasteiger partial charge in [-0.3, -0.25) is 0 Å². The first-order valence-electron chi connectivity index (χ1n) is 3.26. The Bertz CT molecular complexity index is 251. The van der Waals surface area contributed by atoms with Crippen LogP contribution in [0, 0.1) is 0 Å². The molecule has 11 heavy (non-hydrogen) atoms. The lowest BCUT2D eigenvalue weighted by molar-refractivity contribution is 0.514. The standard InChI is InChI=1S/C9H10OS/c1-7(10)8-3-5-9(11-2)6-4-8/h3-6,10H,1H2,2H3. The van der Waals surface area contributed by atoms with Crippen LogP contribution in [-0.2, 0) is 0 Å². The second-order valence-electron chi connectivity index (χ2n) is 2.18. The normalized spacial score (nSPS) is 9.55. The average Bonchev–Trinajstić information content (AvgIpc) is 2.05. The summed E-state index contributed by atoms with van der Waals surface area (Å²) in [5.41, 5.74) is 0.780. The van der Waals surface area contributed by atoms with Crippen LogP contribution in [0.15, 0.2) is 35.7 Å². The third kappa shape index (κ3) is 2.02. The predicted octanol–water partition coefficient (Wildman–Crippen LogP) is 2.94. The van der Waals surface area contributed by atoms with Gasteiger partial charge in [0.05, 0.1) is 0 Å². The Morgan fingerprint density at radius 2 is 1.91 bits per heavy atom. The van der Waals surface area contributed by atoms with Crippen molar-refractivity contribution in [2.45, 2.75) is 4.90 Å². The van der Waals surface area contributed by atoms with Gasteiger partial charge in [0, 0.05) is 10.5 Å². The van der Waals surface area contributed by atoms with Crippen molar-refractivity contribution in [3.05, 3.63) is 36.4 Å². The summed E-state index contributed by atoms with van der Waals surface area (Å²) in [6.07, 6.45) is 2.02. The maximum atomic E-state index is 8.99. The van der Waals surface area contributed by atoms with E-state index in [1.165, 1.54) is 4.90 Å². The van der Waals surface area contributed by atoms with Crippen molar-refractivity contribution in [1.82, 2.24) is 0 Å². The molecule has 0 heterocycles. The number of benzene rings is 1. The third-order valence-electron chi connectivity index (χ3n) is 1.42. The van der Waals surface area contributed by atoms with E-state index in [-0.39, 0.29) is 5.76 Å². The molecular weight excluding hydrogens is 156 g/mol. The van der Waals surface area contributed by atoms with E-state index in [2.05, 4.69) is 6.58 Å². The minimum Gasteiger partial charge on any atom is -0.508 e. The number of aliphatic hydroxyl groups excluding tert-OH is 1. The van der Waals surface area contributed by atoms with Crippen LogP contribution >= 0.6 is 11.8 Å². The lowest BCUT2D eigenvalue weighted by Gasteiger charge is -1.98. The molecule has 0 saturated heterocycles. The Morgan fingerprint density at radius 1 is 1.36 bits per heavy atom. The van der Waals surface area contributed by atoms with E-state index in [0.717, 1.165) is 5.56 Å². The summed E-state index contributed by atoms with van der Waals surface area (Å²) in [5.74, 6) is 0.123. The maximum absolute atomic E-state index is 8.99. The fraction of sp³-hybridized carbons (Fsp3) is 0.111. The molecule has 0 fully saturated rings. The number of hydrogen-bond acceptors (Lipinski definition) is 2. The van der Waals surface area contributed by atoms with E-state index in [4.69, 9.17) is 5.11 Å². The van der Waals surface area contributed by atoms with Gasteiger partial charge in [0.1, 0.15) is 5.76 Å². The van der Waals surface area contributed by atoms with Crippen LogP contribution in [-0.4, -0.2) is 11.4 Å². The molecule has 58 valence electrons. The topological polar surface area (TPSA) is 20.2 Å². The highest BCUT2D eigenvalue weighted by Gasteiger charge is 1.94. The SMILES string of the molecule is C=C(O)c1ccc(SC)cc1. The first kappa shape index (κ1) is 8.21. The van der Waals surface area contributed by atoms with Gasteiger partial charge in [-0.05, 0) is 18.4 Å². The van der Waals surface area contributed by atoms with Gasteiger partial charge in [0.25, 0.3) is 0 Å². The molecule has 0 bridgehead atoms. The average molecular weight is 166 g/mol. The van der Waals surface area contributed by atoms with Crippen LogP contribution < -0.4 is 0 Å². The van der Waals surface area contributed by atoms with Gasteiger partial charge in [-0.15, -0.1) is 11.8 Å². The van der Waals surface area contributed by atoms with E-state index in [0.29, 0.717) is 0 Å². The van der Waals surface area contributed by atoms with Crippen molar-refractivity contribution in [1.29, 1.82) is 0 Å². The summed E-state index contributed by atoms with van der Waals surface area (Å²) in [5, 5.41) is 8.99. The Hall–Kier alpha value is -0.890. The highest BCUT2D eigenvalue weighted by Crippen LogP contribution is 2.17. The Kier molecular flexibility index (Phi) is 2.60. The van der Waals surface area contributed by atoms with Gasteiger partial charge >= 0.3 is 0 Å². The second-order valence-corrected chi connectivity index (χ2v) is 3.05. The van der Waals surface area contributed by atoms with Crippen LogP contribution in [0.4, 0.5) is 0 Å². The van der Waals surface area contributed by atoms with Gasteiger partial charge in [-0.25, -0.2) is 0 Å². The van der Waals surface area contributed by atoms with Crippen molar-refractivity contribution in [3.63, 3.8) is 0 Å². The van der Waals surface area contributed by atoms with E-state index in [1.807, 2.05) is 30.5 Å². The minimum absolute atomic E-state index is 0.123. The first-order valence-corrected chi connectivity index (χ1v) is 4.49. The fourth-order valence-corrected chi connectivity index (χ4v) is 1.19. The Labute approximate surface area is 70.8 Å². The molecule has 1 nitrogen and oxygen atoms in total. The molecule has 1 aromatic carbocycles. The molecule has 2 heteroatoms. The van der Waals surface area contributed by atoms with Crippen molar-refractivity contribution < 1.29 is 5.11 Å². The van der Waals surface area contributed by atoms with Crippen molar-refractivity contribution >= 4 is 17.5 Å². The summed E-state index contributed by atoms with van der Waals surface area (Å²) in [6, 6.07) is 7.63. The number of thioether (sulfide) groups is 1. The molecule has 0 unspecified atom stereocenters. The van der Waals surface area contributed by atoms with E-state index in [9.17, 15) is 0 Å². The molecule has 0 aliphatic carbocycles. The van der Waals surface area contributed by atoms with Crippen LogP contribution in [0.5, 0.6) is 0 Å². The predicted molar refractivity (Wildman–Crippen MR) is 49.9 cm³/mol. The van der Waals surface area contributed by atoms with Gasteiger partial charge in [-0.2, -0.15) is 0 Å². The highest BCUT2D eigenvalue weighted by molar-refractivity contribution is 7.98. The molecule has 1 rings (SSSR count). The largest absolute Gasteiger partial charge is 0.508 e. The first-order chi connectivity index (χ1) is 5.24. The van der Waals surface area contributed by atoms with Gasteiger partial charge in [-0.1, -0.05) is 18.7 Å². The lowest BCUT2D eigenvalue weighted by atomic mass is 10.2. The molecule has 0 radical (unpaired) electrons. The van der Waals surface area contributed by atoms with Crippen molar-refractivity contribution in [3.8, 4) is 0 Å². The molecule has 0 aromatic heterocycles. The molecule has 1 aromatic rings.